The number of amidine groups is 1. The van der Waals surface area contributed by atoms with Gasteiger partial charge in [-0.1, -0.05) is 56.0 Å². The zero-order valence-electron chi connectivity index (χ0n) is 43.2. The number of fused-ring (bicyclic) bond motifs is 3. The van der Waals surface area contributed by atoms with Crippen LogP contribution in [0.2, 0.25) is 0 Å². The number of carbonyl (C=O) groups is 3. The lowest BCUT2D eigenvalue weighted by molar-refractivity contribution is -0.384. The number of thioether (sulfide) groups is 1. The molecule has 0 saturated heterocycles. The largest absolute Gasteiger partial charge is 0.397 e. The van der Waals surface area contributed by atoms with Gasteiger partial charge in [-0.3, -0.25) is 29.9 Å². The normalized spacial score (nSPS) is 14.3. The van der Waals surface area contributed by atoms with Gasteiger partial charge in [0.05, 0.1) is 37.4 Å². The summed E-state index contributed by atoms with van der Waals surface area (Å²) >= 11 is 4.65. The fourth-order valence-electron chi connectivity index (χ4n) is 8.36. The molecule has 0 saturated carbocycles. The van der Waals surface area contributed by atoms with E-state index in [9.17, 15) is 24.5 Å². The predicted molar refractivity (Wildman–Crippen MR) is 323 cm³/mol. The molecule has 3 amide bonds. The first kappa shape index (κ1) is 63.1. The van der Waals surface area contributed by atoms with Crippen molar-refractivity contribution < 1.29 is 19.3 Å². The van der Waals surface area contributed by atoms with E-state index in [2.05, 4.69) is 26.9 Å². The van der Waals surface area contributed by atoms with Crippen molar-refractivity contribution in [2.75, 3.05) is 108 Å². The van der Waals surface area contributed by atoms with E-state index in [1.54, 1.807) is 33.6 Å². The number of aryl methyl sites for hydroxylation is 3. The Labute approximate surface area is 467 Å². The van der Waals surface area contributed by atoms with Gasteiger partial charge < -0.3 is 40.9 Å². The third kappa shape index (κ3) is 18.3. The number of carbonyl (C=O) groups excluding carboxylic acids is 3. The topological polar surface area (TPSA) is 202 Å². The number of halogens is 1. The van der Waals surface area contributed by atoms with Crippen LogP contribution in [0.5, 0.6) is 0 Å². The Morgan fingerprint density at radius 3 is 1.51 bits per heavy atom. The van der Waals surface area contributed by atoms with Crippen molar-refractivity contribution in [1.29, 1.82) is 5.41 Å². The van der Waals surface area contributed by atoms with E-state index in [-0.39, 0.29) is 54.8 Å². The van der Waals surface area contributed by atoms with Gasteiger partial charge in [-0.25, -0.2) is 4.99 Å². The Hall–Kier alpha value is -5.23. The van der Waals surface area contributed by atoms with Crippen molar-refractivity contribution in [3.63, 3.8) is 0 Å². The van der Waals surface area contributed by atoms with E-state index < -0.39 is 4.92 Å². The number of rotatable bonds is 13. The summed E-state index contributed by atoms with van der Waals surface area (Å²) in [6.45, 7) is 4.17. The Morgan fingerprint density at radius 1 is 0.649 bits per heavy atom. The number of likely N-dealkylation sites (N-methyl/N-ethyl adjacent to an activating group) is 3. The van der Waals surface area contributed by atoms with Crippen LogP contribution in [0.15, 0.2) is 94.6 Å². The van der Waals surface area contributed by atoms with Gasteiger partial charge in [-0.15, -0.1) is 58.4 Å². The number of nitrogens with two attached hydrogens (primary N) is 2. The predicted octanol–water partition coefficient (Wildman–Crippen LogP) is 10.0. The second-order valence-corrected chi connectivity index (χ2v) is 21.0. The number of anilines is 4. The molecule has 5 aromatic rings. The second-order valence-electron chi connectivity index (χ2n) is 18.3. The molecule has 2 aromatic heterocycles. The van der Waals surface area contributed by atoms with Gasteiger partial charge in [-0.05, 0) is 139 Å². The van der Waals surface area contributed by atoms with Crippen LogP contribution in [0.25, 0.3) is 0 Å². The van der Waals surface area contributed by atoms with Gasteiger partial charge in [0.2, 0.25) is 17.7 Å². The zero-order chi connectivity index (χ0) is 52.3. The third-order valence-corrected chi connectivity index (χ3v) is 14.6. The van der Waals surface area contributed by atoms with Crippen molar-refractivity contribution in [3.05, 3.63) is 126 Å². The standard InChI is InChI=1S/C19H24N4OS.C14H19N3O3.C14H21N3O.C6H7NS2.CH4.HI/c1-22(2)11-12-23-17(24)10-4-7-14-6-3-8-15(18(14)23)21-19(20)16-9-5-13-25-16;1-15(2)9-10-16-13(18)8-4-6-11-5-3-7-12(14(11)16)17(19)20;1-16(2)9-10-17-13(18)8-4-6-11-5-3-7-12(15)14(11)17;1-8-6(7)5-3-2-4-9-5;;/h3,5-6,8-9,13H,4,7,10-12H2,1-2H3,(H2,20,21);3,5,7H,4,6,8-10H2,1-2H3;3,5,7H,4,6,8-10,15H2,1-2H3;2-4,7H,1H3;1H4;1H. The molecule has 0 unspecified atom stereocenters. The number of thiophene rings is 2. The fourth-order valence-corrected chi connectivity index (χ4v) is 10.2. The molecule has 20 heteroatoms. The molecular formula is C54H76IN11O5S3. The molecule has 0 atom stereocenters. The van der Waals surface area contributed by atoms with Crippen molar-refractivity contribution >= 4 is 121 Å². The maximum Gasteiger partial charge on any atom is 0.293 e. The number of hydrogen-bond acceptors (Lipinski definition) is 14. The Morgan fingerprint density at radius 2 is 1.07 bits per heavy atom. The maximum absolute atomic E-state index is 12.7. The molecule has 402 valence electrons. The lowest BCUT2D eigenvalue weighted by atomic mass is 10.1. The molecule has 0 spiro atoms. The molecule has 3 aromatic carbocycles. The molecule has 0 radical (unpaired) electrons. The number of amides is 3. The number of para-hydroxylation sites is 3. The van der Waals surface area contributed by atoms with Crippen LogP contribution in [-0.2, 0) is 33.6 Å². The molecule has 8 rings (SSSR count). The molecule has 16 nitrogen and oxygen atoms in total. The third-order valence-electron chi connectivity index (χ3n) is 12.0. The summed E-state index contributed by atoms with van der Waals surface area (Å²) in [4.78, 5) is 66.1. The molecule has 3 aliphatic rings. The van der Waals surface area contributed by atoms with Crippen molar-refractivity contribution in [1.82, 2.24) is 14.7 Å². The first-order valence-corrected chi connectivity index (χ1v) is 27.1. The number of hydrogen-bond donors (Lipinski definition) is 3. The molecule has 3 aliphatic heterocycles. The maximum atomic E-state index is 12.7. The van der Waals surface area contributed by atoms with Crippen LogP contribution in [0.1, 0.15) is 72.4 Å². The number of benzene rings is 3. The summed E-state index contributed by atoms with van der Waals surface area (Å²) in [7, 11) is 11.9. The average Bonchev–Trinajstić information content (AvgIpc) is 4.01. The van der Waals surface area contributed by atoms with Gasteiger partial charge in [0.1, 0.15) is 16.6 Å². The van der Waals surface area contributed by atoms with Gasteiger partial charge >= 0.3 is 0 Å². The zero-order valence-corrected chi connectivity index (χ0v) is 48.0. The van der Waals surface area contributed by atoms with Crippen LogP contribution >= 0.6 is 58.4 Å². The average molecular weight is 1180 g/mol. The second kappa shape index (κ2) is 31.6. The summed E-state index contributed by atoms with van der Waals surface area (Å²) in [6, 6.07) is 24.8. The molecule has 0 bridgehead atoms. The highest BCUT2D eigenvalue weighted by atomic mass is 127. The highest BCUT2D eigenvalue weighted by Gasteiger charge is 2.30. The molecule has 5 heterocycles. The minimum atomic E-state index is -0.403. The van der Waals surface area contributed by atoms with Crippen molar-refractivity contribution in [2.45, 2.75) is 65.2 Å². The van der Waals surface area contributed by atoms with Gasteiger partial charge in [0, 0.05) is 64.6 Å². The monoisotopic (exact) mass is 1180 g/mol. The smallest absolute Gasteiger partial charge is 0.293 e. The summed E-state index contributed by atoms with van der Waals surface area (Å²) in [6.07, 6.45) is 8.61. The van der Waals surface area contributed by atoms with Crippen LogP contribution in [0.3, 0.4) is 0 Å². The van der Waals surface area contributed by atoms with E-state index in [0.29, 0.717) is 74.1 Å². The van der Waals surface area contributed by atoms with Gasteiger partial charge in [0.15, 0.2) is 0 Å². The minimum absolute atomic E-state index is 0. The SMILES string of the molecule is C.CN(C)CCN1C(=O)CCCc2cccc(N)c21.CN(C)CCN1C(=O)CCCc2cccc(N=C(N)c3cccs3)c21.CN(C)CCN1C(=O)CCCc2cccc([N+](=O)[O-])c21.CSC(=N)c1cccs1.I. The quantitative estimate of drug-likeness (QED) is 0.0253. The van der Waals surface area contributed by atoms with E-state index in [1.165, 1.54) is 29.0 Å². The summed E-state index contributed by atoms with van der Waals surface area (Å²) in [5, 5.41) is 23.2. The first-order valence-electron chi connectivity index (χ1n) is 24.2. The molecule has 0 fully saturated rings. The fraction of sp³-hybridized carbons (Fsp3) is 0.426. The number of aliphatic imine (C=N–C) groups is 1. The lowest BCUT2D eigenvalue weighted by Gasteiger charge is -2.26. The number of nitro benzene ring substituents is 1. The van der Waals surface area contributed by atoms with E-state index in [0.717, 1.165) is 77.6 Å². The minimum Gasteiger partial charge on any atom is -0.397 e. The van der Waals surface area contributed by atoms with Gasteiger partial charge in [-0.2, -0.15) is 0 Å². The summed E-state index contributed by atoms with van der Waals surface area (Å²) in [5.41, 5.74) is 19.4. The van der Waals surface area contributed by atoms with E-state index in [4.69, 9.17) is 16.9 Å². The van der Waals surface area contributed by atoms with Crippen LogP contribution in [0.4, 0.5) is 34.1 Å². The molecule has 0 aliphatic carbocycles. The van der Waals surface area contributed by atoms with E-state index in [1.807, 2.05) is 129 Å². The summed E-state index contributed by atoms with van der Waals surface area (Å²) in [5.74, 6) is 0.819. The highest BCUT2D eigenvalue weighted by Crippen LogP contribution is 2.38. The van der Waals surface area contributed by atoms with Crippen LogP contribution in [-0.4, -0.2) is 136 Å². The first-order chi connectivity index (χ1) is 34.5. The Balaban J connectivity index is 0.000000269. The Kier molecular flexibility index (Phi) is 26.9. The summed E-state index contributed by atoms with van der Waals surface area (Å²) < 4.78 is 0. The van der Waals surface area contributed by atoms with Crippen molar-refractivity contribution in [2.24, 2.45) is 10.7 Å². The van der Waals surface area contributed by atoms with Gasteiger partial charge in [0.25, 0.3) is 5.69 Å². The Bertz CT molecular complexity index is 2630. The van der Waals surface area contributed by atoms with Crippen molar-refractivity contribution in [3.8, 4) is 0 Å². The van der Waals surface area contributed by atoms with Crippen LogP contribution in [0, 0.1) is 15.5 Å². The number of nitrogens with one attached hydrogen (secondary N) is 1. The van der Waals surface area contributed by atoms with E-state index >= 15 is 0 Å². The lowest BCUT2D eigenvalue weighted by Crippen LogP contribution is -2.36. The molecular weight excluding hydrogens is 1110 g/mol. The number of nitrogens with zero attached hydrogens (tertiary/aromatic N) is 8. The highest BCUT2D eigenvalue weighted by molar-refractivity contribution is 14.0. The molecule has 74 heavy (non-hydrogen) atoms. The molecule has 5 N–H and O–H groups in total. The van der Waals surface area contributed by atoms with Crippen LogP contribution < -0.4 is 26.2 Å². The number of nitro groups is 1. The number of nitrogen functional groups attached to an aromatic ring is 1.